The van der Waals surface area contributed by atoms with Gasteiger partial charge in [-0.05, 0) is 32.3 Å². The summed E-state index contributed by atoms with van der Waals surface area (Å²) in [7, 11) is 0. The topological polar surface area (TPSA) is 41.6 Å². The van der Waals surface area contributed by atoms with E-state index in [0.29, 0.717) is 6.54 Å². The van der Waals surface area contributed by atoms with E-state index in [1.807, 2.05) is 6.07 Å². The molecule has 120 valence electrons. The molecule has 0 unspecified atom stereocenters. The van der Waals surface area contributed by atoms with Crippen LogP contribution in [-0.4, -0.2) is 49.2 Å². The third-order valence-corrected chi connectivity index (χ3v) is 4.73. The van der Waals surface area contributed by atoms with Crippen LogP contribution in [0, 0.1) is 0 Å². The number of carbonyl (C=O) groups excluding carboxylic acids is 1. The van der Waals surface area contributed by atoms with Crippen molar-refractivity contribution in [2.45, 2.75) is 44.3 Å². The zero-order chi connectivity index (χ0) is 15.6. The van der Waals surface area contributed by atoms with E-state index in [9.17, 15) is 4.79 Å². The number of nitrogens with zero attached hydrogens (tertiary/aromatic N) is 1. The Labute approximate surface area is 132 Å². The first-order chi connectivity index (χ1) is 10.6. The minimum atomic E-state index is 0.128. The summed E-state index contributed by atoms with van der Waals surface area (Å²) in [6, 6.07) is 10.5. The lowest BCUT2D eigenvalue weighted by Gasteiger charge is -2.34. The predicted octanol–water partition coefficient (Wildman–Crippen LogP) is 1.94. The van der Waals surface area contributed by atoms with Crippen molar-refractivity contribution in [3.05, 3.63) is 35.9 Å². The number of carbonyl (C=O) groups is 1. The second kappa shape index (κ2) is 6.39. The maximum absolute atomic E-state index is 12.2. The Balaban J connectivity index is 1.49. The summed E-state index contributed by atoms with van der Waals surface area (Å²) in [6.45, 7) is 7.03. The summed E-state index contributed by atoms with van der Waals surface area (Å²) in [5.41, 5.74) is 1.53. The molecule has 1 aromatic rings. The average molecular weight is 302 g/mol. The van der Waals surface area contributed by atoms with E-state index in [1.54, 1.807) is 0 Å². The third-order valence-electron chi connectivity index (χ3n) is 4.73. The molecule has 22 heavy (non-hydrogen) atoms. The van der Waals surface area contributed by atoms with Crippen molar-refractivity contribution >= 4 is 5.91 Å². The van der Waals surface area contributed by atoms with Crippen molar-refractivity contribution in [3.8, 4) is 0 Å². The number of benzene rings is 1. The fourth-order valence-corrected chi connectivity index (χ4v) is 3.45. The van der Waals surface area contributed by atoms with Gasteiger partial charge in [0.05, 0.1) is 18.8 Å². The average Bonchev–Trinajstić information content (AvgIpc) is 3.26. The number of hydrogen-bond acceptors (Lipinski definition) is 3. The fourth-order valence-electron chi connectivity index (χ4n) is 3.45. The van der Waals surface area contributed by atoms with Gasteiger partial charge in [0.15, 0.2) is 0 Å². The van der Waals surface area contributed by atoms with Crippen LogP contribution in [0.5, 0.6) is 0 Å². The Hall–Kier alpha value is -1.39. The SMILES string of the molecule is C[C@@H]1CN(CC(=O)NCC2(c3ccccc3)CC2)C[C@H](C)O1. The van der Waals surface area contributed by atoms with Gasteiger partial charge < -0.3 is 10.1 Å². The van der Waals surface area contributed by atoms with Crippen molar-refractivity contribution in [3.63, 3.8) is 0 Å². The third kappa shape index (κ3) is 3.68. The maximum Gasteiger partial charge on any atom is 0.234 e. The van der Waals surface area contributed by atoms with Crippen LogP contribution < -0.4 is 5.32 Å². The Morgan fingerprint density at radius 2 is 1.86 bits per heavy atom. The van der Waals surface area contributed by atoms with Gasteiger partial charge in [-0.25, -0.2) is 0 Å². The number of hydrogen-bond donors (Lipinski definition) is 1. The van der Waals surface area contributed by atoms with Crippen LogP contribution in [0.4, 0.5) is 0 Å². The smallest absolute Gasteiger partial charge is 0.234 e. The molecule has 4 heteroatoms. The van der Waals surface area contributed by atoms with Crippen LogP contribution in [0.3, 0.4) is 0 Å². The first-order valence-electron chi connectivity index (χ1n) is 8.27. The molecule has 0 radical (unpaired) electrons. The van der Waals surface area contributed by atoms with Crippen molar-refractivity contribution < 1.29 is 9.53 Å². The summed E-state index contributed by atoms with van der Waals surface area (Å²) < 4.78 is 5.71. The van der Waals surface area contributed by atoms with Crippen LogP contribution in [0.15, 0.2) is 30.3 Å². The van der Waals surface area contributed by atoms with Crippen LogP contribution in [-0.2, 0) is 14.9 Å². The van der Waals surface area contributed by atoms with Crippen LogP contribution in [0.25, 0.3) is 0 Å². The lowest BCUT2D eigenvalue weighted by molar-refractivity contribution is -0.126. The molecule has 1 aliphatic carbocycles. The quantitative estimate of drug-likeness (QED) is 0.904. The van der Waals surface area contributed by atoms with Gasteiger partial charge in [-0.3, -0.25) is 9.69 Å². The predicted molar refractivity (Wildman–Crippen MR) is 86.8 cm³/mol. The minimum Gasteiger partial charge on any atom is -0.373 e. The van der Waals surface area contributed by atoms with Gasteiger partial charge in [-0.1, -0.05) is 30.3 Å². The monoisotopic (exact) mass is 302 g/mol. The fraction of sp³-hybridized carbons (Fsp3) is 0.611. The highest BCUT2D eigenvalue weighted by molar-refractivity contribution is 5.78. The minimum absolute atomic E-state index is 0.128. The molecule has 0 bridgehead atoms. The Kier molecular flexibility index (Phi) is 4.50. The normalized spacial score (nSPS) is 27.4. The molecule has 1 heterocycles. The molecule has 1 saturated carbocycles. The zero-order valence-electron chi connectivity index (χ0n) is 13.5. The van der Waals surface area contributed by atoms with Gasteiger partial charge >= 0.3 is 0 Å². The maximum atomic E-state index is 12.2. The van der Waals surface area contributed by atoms with Gasteiger partial charge in [0.2, 0.25) is 5.91 Å². The molecular weight excluding hydrogens is 276 g/mol. The second-order valence-electron chi connectivity index (χ2n) is 6.87. The lowest BCUT2D eigenvalue weighted by Crippen LogP contribution is -2.49. The first kappa shape index (κ1) is 15.5. The molecule has 1 saturated heterocycles. The van der Waals surface area contributed by atoms with Crippen molar-refractivity contribution in [2.24, 2.45) is 0 Å². The van der Waals surface area contributed by atoms with E-state index < -0.39 is 0 Å². The molecule has 1 N–H and O–H groups in total. The molecule has 2 atom stereocenters. The number of morpholine rings is 1. The first-order valence-corrected chi connectivity index (χ1v) is 8.27. The molecule has 3 rings (SSSR count). The summed E-state index contributed by atoms with van der Waals surface area (Å²) in [5.74, 6) is 0.128. The van der Waals surface area contributed by atoms with Crippen molar-refractivity contribution in [1.29, 1.82) is 0 Å². The number of ether oxygens (including phenoxy) is 1. The molecule has 1 aromatic carbocycles. The Morgan fingerprint density at radius 3 is 2.45 bits per heavy atom. The summed E-state index contributed by atoms with van der Waals surface area (Å²) in [4.78, 5) is 14.4. The van der Waals surface area contributed by atoms with E-state index >= 15 is 0 Å². The lowest BCUT2D eigenvalue weighted by atomic mass is 9.96. The van der Waals surface area contributed by atoms with Gasteiger partial charge in [0.25, 0.3) is 0 Å². The summed E-state index contributed by atoms with van der Waals surface area (Å²) in [6.07, 6.45) is 2.75. The van der Waals surface area contributed by atoms with E-state index in [0.717, 1.165) is 19.6 Å². The molecule has 1 amide bonds. The Morgan fingerprint density at radius 1 is 1.23 bits per heavy atom. The molecule has 0 aromatic heterocycles. The van der Waals surface area contributed by atoms with Gasteiger partial charge in [0.1, 0.15) is 0 Å². The van der Waals surface area contributed by atoms with Gasteiger partial charge in [0, 0.05) is 25.0 Å². The molecule has 2 fully saturated rings. The van der Waals surface area contributed by atoms with Crippen molar-refractivity contribution in [1.82, 2.24) is 10.2 Å². The standard InChI is InChI=1S/C18H26N2O2/c1-14-10-20(11-15(2)22-14)12-17(21)19-13-18(8-9-18)16-6-4-3-5-7-16/h3-7,14-15H,8-13H2,1-2H3,(H,19,21)/t14-,15+. The van der Waals surface area contributed by atoms with E-state index in [4.69, 9.17) is 4.74 Å². The number of amides is 1. The van der Waals surface area contributed by atoms with E-state index in [-0.39, 0.29) is 23.5 Å². The van der Waals surface area contributed by atoms with E-state index in [2.05, 4.69) is 48.3 Å². The van der Waals surface area contributed by atoms with Crippen LogP contribution in [0.1, 0.15) is 32.3 Å². The molecule has 0 spiro atoms. The highest BCUT2D eigenvalue weighted by Gasteiger charge is 2.44. The highest BCUT2D eigenvalue weighted by atomic mass is 16.5. The highest BCUT2D eigenvalue weighted by Crippen LogP contribution is 2.47. The summed E-state index contributed by atoms with van der Waals surface area (Å²) in [5, 5.41) is 3.14. The van der Waals surface area contributed by atoms with Crippen LogP contribution in [0.2, 0.25) is 0 Å². The molecule has 2 aliphatic rings. The zero-order valence-corrected chi connectivity index (χ0v) is 13.5. The second-order valence-corrected chi connectivity index (χ2v) is 6.87. The van der Waals surface area contributed by atoms with Gasteiger partial charge in [-0.2, -0.15) is 0 Å². The molecule has 4 nitrogen and oxygen atoms in total. The number of nitrogens with one attached hydrogen (secondary N) is 1. The van der Waals surface area contributed by atoms with Crippen molar-refractivity contribution in [2.75, 3.05) is 26.2 Å². The molecular formula is C18H26N2O2. The number of rotatable bonds is 5. The Bertz CT molecular complexity index is 503. The molecule has 1 aliphatic heterocycles. The summed E-state index contributed by atoms with van der Waals surface area (Å²) >= 11 is 0. The van der Waals surface area contributed by atoms with E-state index in [1.165, 1.54) is 18.4 Å². The van der Waals surface area contributed by atoms with Gasteiger partial charge in [-0.15, -0.1) is 0 Å². The van der Waals surface area contributed by atoms with Crippen LogP contribution >= 0.6 is 0 Å². The largest absolute Gasteiger partial charge is 0.373 e.